The fourth-order valence-electron chi connectivity index (χ4n) is 3.49. The van der Waals surface area contributed by atoms with Crippen LogP contribution < -0.4 is 5.32 Å². The van der Waals surface area contributed by atoms with Crippen LogP contribution >= 0.6 is 11.3 Å². The monoisotopic (exact) mass is 308 g/mol. The van der Waals surface area contributed by atoms with Crippen LogP contribution in [0.25, 0.3) is 0 Å². The molecule has 0 spiro atoms. The van der Waals surface area contributed by atoms with Crippen LogP contribution in [0.4, 0.5) is 0 Å². The van der Waals surface area contributed by atoms with Crippen LogP contribution in [0.1, 0.15) is 44.8 Å². The molecule has 21 heavy (non-hydrogen) atoms. The van der Waals surface area contributed by atoms with E-state index >= 15 is 0 Å². The summed E-state index contributed by atoms with van der Waals surface area (Å²) in [5.74, 6) is 0.800. The van der Waals surface area contributed by atoms with Gasteiger partial charge in [-0.2, -0.15) is 11.3 Å². The molecular weight excluding hydrogens is 284 g/mol. The summed E-state index contributed by atoms with van der Waals surface area (Å²) < 4.78 is 5.46. The molecule has 0 aliphatic carbocycles. The largest absolute Gasteiger partial charge is 0.381 e. The van der Waals surface area contributed by atoms with Crippen molar-refractivity contribution >= 4 is 17.2 Å². The number of rotatable bonds is 4. The Balaban J connectivity index is 1.83. The summed E-state index contributed by atoms with van der Waals surface area (Å²) in [4.78, 5) is 14.9. The highest BCUT2D eigenvalue weighted by atomic mass is 32.1. The minimum atomic E-state index is -0.0443. The van der Waals surface area contributed by atoms with Crippen LogP contribution in [-0.2, 0) is 9.53 Å². The fraction of sp³-hybridized carbons (Fsp3) is 0.688. The van der Waals surface area contributed by atoms with Gasteiger partial charge in [0.1, 0.15) is 6.17 Å². The quantitative estimate of drug-likeness (QED) is 0.930. The molecule has 3 unspecified atom stereocenters. The highest BCUT2D eigenvalue weighted by molar-refractivity contribution is 7.07. The maximum Gasteiger partial charge on any atom is 0.241 e. The number of amides is 1. The Bertz CT molecular complexity index is 471. The molecule has 3 heterocycles. The van der Waals surface area contributed by atoms with E-state index in [1.165, 1.54) is 5.56 Å². The van der Waals surface area contributed by atoms with Gasteiger partial charge in [-0.1, -0.05) is 6.92 Å². The van der Waals surface area contributed by atoms with E-state index in [-0.39, 0.29) is 24.2 Å². The Labute approximate surface area is 130 Å². The van der Waals surface area contributed by atoms with E-state index in [0.29, 0.717) is 5.92 Å². The van der Waals surface area contributed by atoms with Crippen LogP contribution in [0.2, 0.25) is 0 Å². The van der Waals surface area contributed by atoms with Gasteiger partial charge in [0.25, 0.3) is 0 Å². The second-order valence-corrected chi connectivity index (χ2v) is 6.80. The summed E-state index contributed by atoms with van der Waals surface area (Å²) in [6.45, 7) is 5.92. The first-order valence-corrected chi connectivity index (χ1v) is 8.84. The smallest absolute Gasteiger partial charge is 0.241 e. The molecular formula is C16H24N2O2S. The second-order valence-electron chi connectivity index (χ2n) is 6.02. The molecule has 1 amide bonds. The maximum absolute atomic E-state index is 12.8. The van der Waals surface area contributed by atoms with Gasteiger partial charge in [0.15, 0.2) is 0 Å². The number of carbonyl (C=O) groups is 1. The molecule has 3 rings (SSSR count). The summed E-state index contributed by atoms with van der Waals surface area (Å²) in [7, 11) is 0. The van der Waals surface area contributed by atoms with Crippen molar-refractivity contribution in [2.45, 2.75) is 51.4 Å². The molecule has 3 atom stereocenters. The highest BCUT2D eigenvalue weighted by Crippen LogP contribution is 2.34. The van der Waals surface area contributed by atoms with Crippen LogP contribution in [-0.4, -0.2) is 36.1 Å². The van der Waals surface area contributed by atoms with Gasteiger partial charge in [0.2, 0.25) is 5.91 Å². The van der Waals surface area contributed by atoms with E-state index in [2.05, 4.69) is 40.9 Å². The van der Waals surface area contributed by atoms with Crippen molar-refractivity contribution in [2.24, 2.45) is 5.92 Å². The lowest BCUT2D eigenvalue weighted by molar-refractivity contribution is -0.134. The molecule has 1 aromatic rings. The highest BCUT2D eigenvalue weighted by Gasteiger charge is 2.43. The van der Waals surface area contributed by atoms with E-state index < -0.39 is 0 Å². The summed E-state index contributed by atoms with van der Waals surface area (Å²) in [5, 5.41) is 7.74. The van der Waals surface area contributed by atoms with Gasteiger partial charge in [-0.3, -0.25) is 10.1 Å². The van der Waals surface area contributed by atoms with E-state index in [1.54, 1.807) is 11.3 Å². The number of thiophene rings is 1. The van der Waals surface area contributed by atoms with Crippen molar-refractivity contribution in [3.63, 3.8) is 0 Å². The fourth-order valence-corrected chi connectivity index (χ4v) is 4.17. The Kier molecular flexibility index (Phi) is 4.62. The predicted octanol–water partition coefficient (Wildman–Crippen LogP) is 2.77. The summed E-state index contributed by atoms with van der Waals surface area (Å²) >= 11 is 1.69. The van der Waals surface area contributed by atoms with Crippen molar-refractivity contribution in [1.29, 1.82) is 0 Å². The van der Waals surface area contributed by atoms with E-state index in [4.69, 9.17) is 4.74 Å². The van der Waals surface area contributed by atoms with Gasteiger partial charge in [0.05, 0.1) is 6.04 Å². The molecule has 5 heteroatoms. The molecule has 1 aromatic heterocycles. The molecule has 2 aliphatic rings. The standard InChI is InChI=1S/C16H24N2O2S/c1-3-14-16(19)18(11(2)12-4-7-20-8-5-12)15(17-14)13-6-9-21-10-13/h6,9-12,14-15,17H,3-5,7-8H2,1-2H3. The molecule has 116 valence electrons. The third-order valence-corrected chi connectivity index (χ3v) is 5.55. The number of carbonyl (C=O) groups excluding carboxylic acids is 1. The maximum atomic E-state index is 12.8. The topological polar surface area (TPSA) is 41.6 Å². The van der Waals surface area contributed by atoms with Crippen LogP contribution in [0.15, 0.2) is 16.8 Å². The van der Waals surface area contributed by atoms with E-state index in [9.17, 15) is 4.79 Å². The van der Waals surface area contributed by atoms with Crippen molar-refractivity contribution in [1.82, 2.24) is 10.2 Å². The van der Waals surface area contributed by atoms with Crippen LogP contribution in [0.5, 0.6) is 0 Å². The number of ether oxygens (including phenoxy) is 1. The molecule has 2 aliphatic heterocycles. The Morgan fingerprint density at radius 3 is 2.86 bits per heavy atom. The molecule has 1 N–H and O–H groups in total. The van der Waals surface area contributed by atoms with E-state index in [0.717, 1.165) is 32.5 Å². The van der Waals surface area contributed by atoms with Crippen molar-refractivity contribution < 1.29 is 9.53 Å². The van der Waals surface area contributed by atoms with Gasteiger partial charge in [-0.05, 0) is 54.5 Å². The van der Waals surface area contributed by atoms with Crippen molar-refractivity contribution in [3.8, 4) is 0 Å². The Morgan fingerprint density at radius 2 is 2.24 bits per heavy atom. The first-order chi connectivity index (χ1) is 10.2. The minimum absolute atomic E-state index is 0.0338. The third-order valence-electron chi connectivity index (χ3n) is 4.84. The van der Waals surface area contributed by atoms with Gasteiger partial charge in [0, 0.05) is 19.3 Å². The zero-order valence-corrected chi connectivity index (χ0v) is 13.6. The zero-order valence-electron chi connectivity index (χ0n) is 12.7. The zero-order chi connectivity index (χ0) is 14.8. The molecule has 0 aromatic carbocycles. The first kappa shape index (κ1) is 15.0. The third kappa shape index (κ3) is 2.87. The van der Waals surface area contributed by atoms with Crippen LogP contribution in [0.3, 0.4) is 0 Å². The average molecular weight is 308 g/mol. The lowest BCUT2D eigenvalue weighted by Gasteiger charge is -2.37. The molecule has 0 saturated carbocycles. The van der Waals surface area contributed by atoms with Crippen LogP contribution in [0, 0.1) is 5.92 Å². The molecule has 4 nitrogen and oxygen atoms in total. The number of hydrogen-bond donors (Lipinski definition) is 1. The van der Waals surface area contributed by atoms with Gasteiger partial charge in [-0.25, -0.2) is 0 Å². The second kappa shape index (κ2) is 6.46. The van der Waals surface area contributed by atoms with Crippen molar-refractivity contribution in [3.05, 3.63) is 22.4 Å². The lowest BCUT2D eigenvalue weighted by Crippen LogP contribution is -2.44. The van der Waals surface area contributed by atoms with Crippen molar-refractivity contribution in [2.75, 3.05) is 13.2 Å². The molecule has 0 radical (unpaired) electrons. The lowest BCUT2D eigenvalue weighted by atomic mass is 9.91. The van der Waals surface area contributed by atoms with Gasteiger partial charge < -0.3 is 9.64 Å². The number of nitrogens with zero attached hydrogens (tertiary/aromatic N) is 1. The van der Waals surface area contributed by atoms with E-state index in [1.807, 2.05) is 0 Å². The first-order valence-electron chi connectivity index (χ1n) is 7.90. The molecule has 2 saturated heterocycles. The summed E-state index contributed by atoms with van der Waals surface area (Å²) in [6.07, 6.45) is 2.98. The predicted molar refractivity (Wildman–Crippen MR) is 84.1 cm³/mol. The summed E-state index contributed by atoms with van der Waals surface area (Å²) in [5.41, 5.74) is 1.21. The Morgan fingerprint density at radius 1 is 1.48 bits per heavy atom. The number of nitrogens with one attached hydrogen (secondary N) is 1. The molecule has 0 bridgehead atoms. The minimum Gasteiger partial charge on any atom is -0.381 e. The SMILES string of the molecule is CCC1NC(c2ccsc2)N(C(C)C2CCOCC2)C1=O. The van der Waals surface area contributed by atoms with Gasteiger partial charge in [-0.15, -0.1) is 0 Å². The van der Waals surface area contributed by atoms with Gasteiger partial charge >= 0.3 is 0 Å². The Hall–Kier alpha value is -0.910. The summed E-state index contributed by atoms with van der Waals surface area (Å²) in [6, 6.07) is 2.34. The molecule has 2 fully saturated rings. The average Bonchev–Trinajstić information content (AvgIpc) is 3.15. The normalized spacial score (nSPS) is 29.0. The number of hydrogen-bond acceptors (Lipinski definition) is 4.